The van der Waals surface area contributed by atoms with Crippen molar-refractivity contribution in [3.63, 3.8) is 0 Å². The fourth-order valence-corrected chi connectivity index (χ4v) is 4.49. The van der Waals surface area contributed by atoms with Crippen LogP contribution in [0.25, 0.3) is 0 Å². The molecule has 0 unspecified atom stereocenters. The van der Waals surface area contributed by atoms with Crippen LogP contribution >= 0.6 is 0 Å². The number of para-hydroxylation sites is 2. The summed E-state index contributed by atoms with van der Waals surface area (Å²) in [6, 6.07) is 8.52. The Labute approximate surface area is 166 Å². The zero-order valence-corrected chi connectivity index (χ0v) is 17.6. The fourth-order valence-electron chi connectivity index (χ4n) is 4.49. The molecule has 1 aromatic carbocycles. The van der Waals surface area contributed by atoms with Gasteiger partial charge in [-0.25, -0.2) is 0 Å². The van der Waals surface area contributed by atoms with Crippen LogP contribution in [0.15, 0.2) is 24.3 Å². The van der Waals surface area contributed by atoms with Gasteiger partial charge in [-0.05, 0) is 32.0 Å². The number of rotatable bonds is 11. The molecule has 0 bridgehead atoms. The number of hydrogen-bond acceptors (Lipinski definition) is 4. The molecule has 0 radical (unpaired) electrons. The van der Waals surface area contributed by atoms with E-state index in [9.17, 15) is 0 Å². The lowest BCUT2D eigenvalue weighted by Crippen LogP contribution is -2.55. The van der Waals surface area contributed by atoms with Crippen molar-refractivity contribution in [1.29, 1.82) is 0 Å². The summed E-state index contributed by atoms with van der Waals surface area (Å²) in [6.07, 6.45) is 11.3. The second-order valence-electron chi connectivity index (χ2n) is 8.72. The van der Waals surface area contributed by atoms with Gasteiger partial charge >= 0.3 is 0 Å². The van der Waals surface area contributed by atoms with Crippen LogP contribution in [-0.2, 0) is 0 Å². The van der Waals surface area contributed by atoms with Gasteiger partial charge in [-0.1, -0.05) is 64.0 Å². The first-order valence-electron chi connectivity index (χ1n) is 11.3. The molecule has 0 amide bonds. The number of hydrogen-bond donors (Lipinski definition) is 2. The average Bonchev–Trinajstić information content (AvgIpc) is 3.01. The highest BCUT2D eigenvalue weighted by Crippen LogP contribution is 2.33. The highest BCUT2D eigenvalue weighted by Gasteiger charge is 2.33. The lowest BCUT2D eigenvalue weighted by molar-refractivity contribution is 0.120. The van der Waals surface area contributed by atoms with Gasteiger partial charge in [0.2, 0.25) is 0 Å². The molecule has 2 aliphatic heterocycles. The van der Waals surface area contributed by atoms with Crippen molar-refractivity contribution >= 4 is 11.4 Å². The van der Waals surface area contributed by atoms with Crippen LogP contribution in [0.5, 0.6) is 0 Å². The molecule has 0 saturated carbocycles. The van der Waals surface area contributed by atoms with Crippen molar-refractivity contribution in [2.24, 2.45) is 0 Å². The summed E-state index contributed by atoms with van der Waals surface area (Å²) in [6.45, 7) is 11.7. The molecule has 2 heterocycles. The fraction of sp³-hybridized carbons (Fsp3) is 0.739. The maximum absolute atomic E-state index is 3.67. The first-order valence-corrected chi connectivity index (χ1v) is 11.3. The third kappa shape index (κ3) is 6.39. The number of anilines is 2. The van der Waals surface area contributed by atoms with Crippen molar-refractivity contribution in [3.05, 3.63) is 24.3 Å². The van der Waals surface area contributed by atoms with Gasteiger partial charge in [0.1, 0.15) is 5.66 Å². The minimum absolute atomic E-state index is 0.0520. The maximum Gasteiger partial charge on any atom is 0.118 e. The second kappa shape index (κ2) is 10.3. The van der Waals surface area contributed by atoms with E-state index in [2.05, 4.69) is 58.5 Å². The molecule has 0 spiro atoms. The Hall–Kier alpha value is -1.26. The van der Waals surface area contributed by atoms with E-state index in [1.54, 1.807) is 0 Å². The zero-order valence-electron chi connectivity index (χ0n) is 17.6. The lowest BCUT2D eigenvalue weighted by atomic mass is 10.1. The Morgan fingerprint density at radius 3 is 1.89 bits per heavy atom. The van der Waals surface area contributed by atoms with Crippen LogP contribution in [-0.4, -0.2) is 54.7 Å². The van der Waals surface area contributed by atoms with E-state index >= 15 is 0 Å². The van der Waals surface area contributed by atoms with Crippen molar-refractivity contribution in [3.8, 4) is 0 Å². The number of unbranched alkanes of at least 4 members (excludes halogenated alkanes) is 7. The van der Waals surface area contributed by atoms with Crippen molar-refractivity contribution in [2.45, 2.75) is 70.9 Å². The van der Waals surface area contributed by atoms with E-state index in [4.69, 9.17) is 0 Å². The van der Waals surface area contributed by atoms with Gasteiger partial charge in [0.15, 0.2) is 0 Å². The first kappa shape index (κ1) is 20.5. The molecule has 2 N–H and O–H groups in total. The van der Waals surface area contributed by atoms with Gasteiger partial charge in [0.05, 0.1) is 11.4 Å². The second-order valence-corrected chi connectivity index (χ2v) is 8.72. The summed E-state index contributed by atoms with van der Waals surface area (Å²) < 4.78 is 0. The number of nitrogens with zero attached hydrogens (tertiary/aromatic N) is 2. The van der Waals surface area contributed by atoms with E-state index < -0.39 is 0 Å². The van der Waals surface area contributed by atoms with E-state index in [1.165, 1.54) is 95.5 Å². The van der Waals surface area contributed by atoms with E-state index in [0.717, 1.165) is 6.54 Å². The standard InChI is InChI=1S/C23H40N4/c1-3-4-5-6-7-8-9-12-15-26-16-18-27(19-17-26)20-23(2)24-21-13-10-11-14-22(21)25-23/h10-11,13-14,24-25H,3-9,12,15-20H2,1-2H3. The molecular weight excluding hydrogens is 332 g/mol. The highest BCUT2D eigenvalue weighted by molar-refractivity contribution is 5.75. The Bertz CT molecular complexity index is 526. The SMILES string of the molecule is CCCCCCCCCCN1CCN(CC2(C)Nc3ccccc3N2)CC1. The Morgan fingerprint density at radius 1 is 0.778 bits per heavy atom. The quantitative estimate of drug-likeness (QED) is 0.535. The third-order valence-electron chi connectivity index (χ3n) is 6.08. The van der Waals surface area contributed by atoms with Crippen LogP contribution in [0, 0.1) is 0 Å². The molecule has 3 rings (SSSR count). The monoisotopic (exact) mass is 372 g/mol. The molecule has 0 aromatic heterocycles. The predicted octanol–water partition coefficient (Wildman–Crippen LogP) is 5.00. The van der Waals surface area contributed by atoms with Gasteiger partial charge in [-0.3, -0.25) is 4.90 Å². The van der Waals surface area contributed by atoms with E-state index in [-0.39, 0.29) is 5.66 Å². The smallest absolute Gasteiger partial charge is 0.118 e. The summed E-state index contributed by atoms with van der Waals surface area (Å²) in [4.78, 5) is 5.27. The molecule has 152 valence electrons. The molecule has 1 fully saturated rings. The number of piperazine rings is 1. The molecule has 0 aliphatic carbocycles. The summed E-state index contributed by atoms with van der Waals surface area (Å²) in [5.41, 5.74) is 2.41. The summed E-state index contributed by atoms with van der Waals surface area (Å²) in [5.74, 6) is 0. The van der Waals surface area contributed by atoms with Crippen LogP contribution in [0.1, 0.15) is 65.2 Å². The van der Waals surface area contributed by atoms with Gasteiger partial charge < -0.3 is 15.5 Å². The molecule has 0 atom stereocenters. The topological polar surface area (TPSA) is 30.5 Å². The van der Waals surface area contributed by atoms with Gasteiger partial charge in [-0.15, -0.1) is 0 Å². The molecule has 4 heteroatoms. The average molecular weight is 373 g/mol. The van der Waals surface area contributed by atoms with Crippen molar-refractivity contribution < 1.29 is 0 Å². The Morgan fingerprint density at radius 2 is 1.30 bits per heavy atom. The predicted molar refractivity (Wildman–Crippen MR) is 118 cm³/mol. The Balaban J connectivity index is 1.26. The van der Waals surface area contributed by atoms with Gasteiger partial charge in [0.25, 0.3) is 0 Å². The number of fused-ring (bicyclic) bond motifs is 1. The first-order chi connectivity index (χ1) is 13.2. The summed E-state index contributed by atoms with van der Waals surface area (Å²) >= 11 is 0. The van der Waals surface area contributed by atoms with Crippen molar-refractivity contribution in [1.82, 2.24) is 9.80 Å². The van der Waals surface area contributed by atoms with E-state index in [1.807, 2.05) is 0 Å². The molecule has 4 nitrogen and oxygen atoms in total. The minimum atomic E-state index is -0.0520. The zero-order chi connectivity index (χ0) is 19.0. The van der Waals surface area contributed by atoms with Crippen LogP contribution in [0.3, 0.4) is 0 Å². The molecule has 1 saturated heterocycles. The maximum atomic E-state index is 3.67. The van der Waals surface area contributed by atoms with Crippen LogP contribution < -0.4 is 10.6 Å². The number of benzene rings is 1. The summed E-state index contributed by atoms with van der Waals surface area (Å²) in [5, 5.41) is 7.34. The lowest BCUT2D eigenvalue weighted by Gasteiger charge is -2.39. The van der Waals surface area contributed by atoms with Crippen LogP contribution in [0.4, 0.5) is 11.4 Å². The Kier molecular flexibility index (Phi) is 7.83. The molecule has 27 heavy (non-hydrogen) atoms. The highest BCUT2D eigenvalue weighted by atomic mass is 15.3. The van der Waals surface area contributed by atoms with Gasteiger partial charge in [-0.2, -0.15) is 0 Å². The molecule has 2 aliphatic rings. The largest absolute Gasteiger partial charge is 0.360 e. The molecule has 1 aromatic rings. The van der Waals surface area contributed by atoms with E-state index in [0.29, 0.717) is 0 Å². The van der Waals surface area contributed by atoms with Crippen LogP contribution in [0.2, 0.25) is 0 Å². The molecular formula is C23H40N4. The third-order valence-corrected chi connectivity index (χ3v) is 6.08. The summed E-state index contributed by atoms with van der Waals surface area (Å²) in [7, 11) is 0. The van der Waals surface area contributed by atoms with Crippen molar-refractivity contribution in [2.75, 3.05) is 49.9 Å². The minimum Gasteiger partial charge on any atom is -0.360 e. The number of nitrogens with one attached hydrogen (secondary N) is 2. The van der Waals surface area contributed by atoms with Gasteiger partial charge in [0, 0.05) is 32.7 Å². The normalized spacial score (nSPS) is 19.5.